The van der Waals surface area contributed by atoms with Crippen LogP contribution in [0.1, 0.15) is 83.1 Å². The van der Waals surface area contributed by atoms with Crippen LogP contribution in [0.15, 0.2) is 30.3 Å². The summed E-state index contributed by atoms with van der Waals surface area (Å²) in [6, 6.07) is 11.0. The van der Waals surface area contributed by atoms with Crippen molar-refractivity contribution in [3.05, 3.63) is 35.9 Å². The second-order valence-corrected chi connectivity index (χ2v) is 7.11. The number of hydrogen-bond acceptors (Lipinski definition) is 0. The van der Waals surface area contributed by atoms with Crippen molar-refractivity contribution in [2.45, 2.75) is 84.0 Å². The zero-order chi connectivity index (χ0) is 14.8. The average molecular weight is 287 g/mol. The Morgan fingerprint density at radius 2 is 1.38 bits per heavy atom. The lowest BCUT2D eigenvalue weighted by Crippen LogP contribution is -2.15. The number of rotatable bonds is 9. The zero-order valence-electron chi connectivity index (χ0n) is 14.0. The van der Waals surface area contributed by atoms with Gasteiger partial charge in [0.05, 0.1) is 0 Å². The van der Waals surface area contributed by atoms with Crippen LogP contribution in [-0.4, -0.2) is 0 Å². The maximum Gasteiger partial charge on any atom is -0.0276 e. The Hall–Kier alpha value is -0.780. The highest BCUT2D eigenvalue weighted by Crippen LogP contribution is 2.34. The minimum atomic E-state index is 1.00. The third-order valence-corrected chi connectivity index (χ3v) is 5.37. The van der Waals surface area contributed by atoms with Crippen LogP contribution in [0.3, 0.4) is 0 Å². The van der Waals surface area contributed by atoms with Crippen molar-refractivity contribution in [3.63, 3.8) is 0 Å². The number of aryl methyl sites for hydroxylation is 1. The SMILES string of the molecule is CCCCCCCC1CCC(CCc2ccccc2)CC1. The molecule has 1 aromatic carbocycles. The van der Waals surface area contributed by atoms with Gasteiger partial charge in [-0.2, -0.15) is 0 Å². The predicted molar refractivity (Wildman–Crippen MR) is 93.6 cm³/mol. The zero-order valence-corrected chi connectivity index (χ0v) is 14.0. The molecule has 118 valence electrons. The first-order valence-corrected chi connectivity index (χ1v) is 9.42. The van der Waals surface area contributed by atoms with Gasteiger partial charge in [-0.3, -0.25) is 0 Å². The molecule has 0 spiro atoms. The predicted octanol–water partition coefficient (Wildman–Crippen LogP) is 6.79. The van der Waals surface area contributed by atoms with Gasteiger partial charge >= 0.3 is 0 Å². The Balaban J connectivity index is 1.54. The number of unbranched alkanes of at least 4 members (excludes halogenated alkanes) is 4. The minimum absolute atomic E-state index is 1.00. The molecule has 21 heavy (non-hydrogen) atoms. The first kappa shape index (κ1) is 16.6. The Morgan fingerprint density at radius 3 is 2.05 bits per heavy atom. The van der Waals surface area contributed by atoms with Gasteiger partial charge in [0.1, 0.15) is 0 Å². The van der Waals surface area contributed by atoms with E-state index < -0.39 is 0 Å². The van der Waals surface area contributed by atoms with Gasteiger partial charge in [-0.05, 0) is 30.2 Å². The fourth-order valence-corrected chi connectivity index (χ4v) is 3.86. The largest absolute Gasteiger partial charge is 0.0654 e. The summed E-state index contributed by atoms with van der Waals surface area (Å²) in [5, 5.41) is 0. The summed E-state index contributed by atoms with van der Waals surface area (Å²) in [7, 11) is 0. The van der Waals surface area contributed by atoms with E-state index in [9.17, 15) is 0 Å². The molecule has 0 aromatic heterocycles. The molecule has 1 fully saturated rings. The smallest absolute Gasteiger partial charge is 0.0276 e. The third-order valence-electron chi connectivity index (χ3n) is 5.37. The fourth-order valence-electron chi connectivity index (χ4n) is 3.86. The van der Waals surface area contributed by atoms with Gasteiger partial charge in [-0.1, -0.05) is 101 Å². The van der Waals surface area contributed by atoms with Crippen LogP contribution in [0.5, 0.6) is 0 Å². The highest BCUT2D eigenvalue weighted by molar-refractivity contribution is 5.14. The summed E-state index contributed by atoms with van der Waals surface area (Å²) in [5.74, 6) is 2.06. The summed E-state index contributed by atoms with van der Waals surface area (Å²) in [6.07, 6.45) is 17.4. The van der Waals surface area contributed by atoms with E-state index in [1.807, 2.05) is 0 Å². The summed E-state index contributed by atoms with van der Waals surface area (Å²) < 4.78 is 0. The van der Waals surface area contributed by atoms with Crippen LogP contribution < -0.4 is 0 Å². The van der Waals surface area contributed by atoms with Gasteiger partial charge in [-0.15, -0.1) is 0 Å². The van der Waals surface area contributed by atoms with Gasteiger partial charge in [0, 0.05) is 0 Å². The van der Waals surface area contributed by atoms with Gasteiger partial charge in [-0.25, -0.2) is 0 Å². The molecule has 1 saturated carbocycles. The monoisotopic (exact) mass is 286 g/mol. The van der Waals surface area contributed by atoms with Crippen molar-refractivity contribution in [3.8, 4) is 0 Å². The molecular weight excluding hydrogens is 252 g/mol. The highest BCUT2D eigenvalue weighted by Gasteiger charge is 2.20. The van der Waals surface area contributed by atoms with E-state index >= 15 is 0 Å². The molecule has 0 aliphatic heterocycles. The molecule has 0 heterocycles. The first-order chi connectivity index (χ1) is 10.4. The molecule has 2 rings (SSSR count). The summed E-state index contributed by atoms with van der Waals surface area (Å²) in [4.78, 5) is 0. The molecule has 0 heteroatoms. The Morgan fingerprint density at radius 1 is 0.762 bits per heavy atom. The van der Waals surface area contributed by atoms with Crippen molar-refractivity contribution >= 4 is 0 Å². The Labute approximate surface area is 132 Å². The molecular formula is C21H34. The van der Waals surface area contributed by atoms with Gasteiger partial charge in [0.15, 0.2) is 0 Å². The van der Waals surface area contributed by atoms with Gasteiger partial charge in [0.25, 0.3) is 0 Å². The van der Waals surface area contributed by atoms with Crippen molar-refractivity contribution in [2.75, 3.05) is 0 Å². The number of hydrogen-bond donors (Lipinski definition) is 0. The van der Waals surface area contributed by atoms with Crippen LogP contribution in [0.25, 0.3) is 0 Å². The molecule has 1 aliphatic carbocycles. The van der Waals surface area contributed by atoms with E-state index in [4.69, 9.17) is 0 Å². The van der Waals surface area contributed by atoms with E-state index in [0.29, 0.717) is 0 Å². The first-order valence-electron chi connectivity index (χ1n) is 9.42. The summed E-state index contributed by atoms with van der Waals surface area (Å²) in [5.41, 5.74) is 1.52. The molecule has 0 amide bonds. The van der Waals surface area contributed by atoms with E-state index in [1.54, 1.807) is 0 Å². The van der Waals surface area contributed by atoms with Gasteiger partial charge in [0.2, 0.25) is 0 Å². The highest BCUT2D eigenvalue weighted by atomic mass is 14.3. The van der Waals surface area contributed by atoms with Crippen molar-refractivity contribution in [2.24, 2.45) is 11.8 Å². The molecule has 0 bridgehead atoms. The second kappa shape index (κ2) is 10.0. The maximum atomic E-state index is 2.30. The van der Waals surface area contributed by atoms with Crippen LogP contribution in [-0.2, 0) is 6.42 Å². The topological polar surface area (TPSA) is 0 Å². The van der Waals surface area contributed by atoms with E-state index in [2.05, 4.69) is 37.3 Å². The third kappa shape index (κ3) is 6.68. The van der Waals surface area contributed by atoms with E-state index in [0.717, 1.165) is 11.8 Å². The summed E-state index contributed by atoms with van der Waals surface area (Å²) >= 11 is 0. The van der Waals surface area contributed by atoms with Crippen molar-refractivity contribution < 1.29 is 0 Å². The molecule has 0 unspecified atom stereocenters. The lowest BCUT2D eigenvalue weighted by atomic mass is 9.78. The summed E-state index contributed by atoms with van der Waals surface area (Å²) in [6.45, 7) is 2.30. The fraction of sp³-hybridized carbons (Fsp3) is 0.714. The molecule has 1 aromatic rings. The normalized spacial score (nSPS) is 22.3. The molecule has 0 saturated heterocycles. The van der Waals surface area contributed by atoms with Crippen LogP contribution in [0, 0.1) is 11.8 Å². The van der Waals surface area contributed by atoms with Crippen molar-refractivity contribution in [1.29, 1.82) is 0 Å². The van der Waals surface area contributed by atoms with Crippen molar-refractivity contribution in [1.82, 2.24) is 0 Å². The lowest BCUT2D eigenvalue weighted by molar-refractivity contribution is 0.248. The second-order valence-electron chi connectivity index (χ2n) is 7.11. The maximum absolute atomic E-state index is 2.30. The quantitative estimate of drug-likeness (QED) is 0.439. The molecule has 0 N–H and O–H groups in total. The molecule has 1 aliphatic rings. The Kier molecular flexibility index (Phi) is 7.92. The van der Waals surface area contributed by atoms with Gasteiger partial charge < -0.3 is 0 Å². The molecule has 0 atom stereocenters. The minimum Gasteiger partial charge on any atom is -0.0654 e. The standard InChI is InChI=1S/C21H34/c1-2-3-4-5-7-12-20-14-17-21(18-15-20)16-13-19-10-8-6-9-11-19/h6,8-11,20-21H,2-5,7,12-18H2,1H3. The number of benzene rings is 1. The van der Waals surface area contributed by atoms with Crippen LogP contribution >= 0.6 is 0 Å². The van der Waals surface area contributed by atoms with E-state index in [1.165, 1.54) is 82.6 Å². The lowest BCUT2D eigenvalue weighted by Gasteiger charge is -2.28. The average Bonchev–Trinajstić information content (AvgIpc) is 2.55. The van der Waals surface area contributed by atoms with Crippen LogP contribution in [0.2, 0.25) is 0 Å². The molecule has 0 nitrogen and oxygen atoms in total. The van der Waals surface area contributed by atoms with E-state index in [-0.39, 0.29) is 0 Å². The van der Waals surface area contributed by atoms with Crippen LogP contribution in [0.4, 0.5) is 0 Å². The Bertz CT molecular complexity index is 346. The molecule has 0 radical (unpaired) electrons.